The van der Waals surface area contributed by atoms with Gasteiger partial charge in [-0.05, 0) is 30.7 Å². The summed E-state index contributed by atoms with van der Waals surface area (Å²) in [5, 5.41) is 9.00. The fraction of sp³-hybridized carbons (Fsp3) is 0.200. The smallest absolute Gasteiger partial charge is 0.157 e. The zero-order chi connectivity index (χ0) is 15.0. The summed E-state index contributed by atoms with van der Waals surface area (Å²) in [7, 11) is 1.87. The summed E-state index contributed by atoms with van der Waals surface area (Å²) >= 11 is 6.01. The molecule has 0 bridgehead atoms. The van der Waals surface area contributed by atoms with Gasteiger partial charge >= 0.3 is 0 Å². The highest BCUT2D eigenvalue weighted by molar-refractivity contribution is 6.31. The van der Waals surface area contributed by atoms with Crippen LogP contribution in [0.4, 0.5) is 10.1 Å². The first-order chi connectivity index (χ1) is 10.0. The third-order valence-corrected chi connectivity index (χ3v) is 3.71. The van der Waals surface area contributed by atoms with E-state index >= 15 is 0 Å². The van der Waals surface area contributed by atoms with Crippen molar-refractivity contribution in [3.05, 3.63) is 52.6 Å². The number of nitrogens with zero attached hydrogens (tertiary/aromatic N) is 3. The maximum Gasteiger partial charge on any atom is 0.157 e. The SMILES string of the molecule is Cc1nn(C)c2ncc(NCc3ccc(F)cc3Cl)cc12. The molecule has 0 aliphatic heterocycles. The number of nitrogens with one attached hydrogen (secondary N) is 1. The van der Waals surface area contributed by atoms with Crippen molar-refractivity contribution >= 4 is 28.3 Å². The lowest BCUT2D eigenvalue weighted by Crippen LogP contribution is -2.01. The molecule has 2 heterocycles. The Kier molecular flexibility index (Phi) is 3.51. The summed E-state index contributed by atoms with van der Waals surface area (Å²) < 4.78 is 14.8. The van der Waals surface area contributed by atoms with E-state index in [-0.39, 0.29) is 5.82 Å². The minimum atomic E-state index is -0.335. The van der Waals surface area contributed by atoms with Crippen LogP contribution < -0.4 is 5.32 Å². The molecule has 1 N–H and O–H groups in total. The third kappa shape index (κ3) is 2.69. The molecule has 0 atom stereocenters. The zero-order valence-electron chi connectivity index (χ0n) is 11.7. The number of aryl methyl sites for hydroxylation is 2. The number of hydrogen-bond acceptors (Lipinski definition) is 3. The average molecular weight is 305 g/mol. The van der Waals surface area contributed by atoms with E-state index in [1.165, 1.54) is 12.1 Å². The summed E-state index contributed by atoms with van der Waals surface area (Å²) in [5.41, 5.74) is 3.49. The Morgan fingerprint density at radius 3 is 2.90 bits per heavy atom. The Bertz CT molecular complexity index is 813. The van der Waals surface area contributed by atoms with Gasteiger partial charge in [-0.15, -0.1) is 0 Å². The fourth-order valence-electron chi connectivity index (χ4n) is 2.27. The highest BCUT2D eigenvalue weighted by atomic mass is 35.5. The molecule has 0 saturated heterocycles. The second-order valence-corrected chi connectivity index (χ2v) is 5.30. The van der Waals surface area contributed by atoms with Crippen molar-refractivity contribution < 1.29 is 4.39 Å². The molecule has 2 aromatic heterocycles. The second kappa shape index (κ2) is 5.33. The molecular weight excluding hydrogens is 291 g/mol. The molecule has 0 unspecified atom stereocenters. The van der Waals surface area contributed by atoms with E-state index < -0.39 is 0 Å². The molecule has 3 aromatic rings. The van der Waals surface area contributed by atoms with Gasteiger partial charge in [0, 0.05) is 24.0 Å². The van der Waals surface area contributed by atoms with Crippen LogP contribution in [0.25, 0.3) is 11.0 Å². The number of anilines is 1. The summed E-state index contributed by atoms with van der Waals surface area (Å²) in [6.07, 6.45) is 1.75. The highest BCUT2D eigenvalue weighted by Gasteiger charge is 2.07. The molecular formula is C15H14ClFN4. The van der Waals surface area contributed by atoms with Crippen molar-refractivity contribution in [3.8, 4) is 0 Å². The van der Waals surface area contributed by atoms with E-state index in [1.807, 2.05) is 20.0 Å². The van der Waals surface area contributed by atoms with Gasteiger partial charge in [0.05, 0.1) is 17.6 Å². The molecule has 0 radical (unpaired) electrons. The molecule has 0 aliphatic rings. The van der Waals surface area contributed by atoms with E-state index in [1.54, 1.807) is 16.9 Å². The predicted molar refractivity (Wildman–Crippen MR) is 82.0 cm³/mol. The molecule has 4 nitrogen and oxygen atoms in total. The minimum Gasteiger partial charge on any atom is -0.380 e. The Morgan fingerprint density at radius 2 is 2.14 bits per heavy atom. The topological polar surface area (TPSA) is 42.7 Å². The van der Waals surface area contributed by atoms with Crippen molar-refractivity contribution in [2.45, 2.75) is 13.5 Å². The normalized spacial score (nSPS) is 11.0. The fourth-order valence-corrected chi connectivity index (χ4v) is 2.50. The molecule has 0 amide bonds. The Balaban J connectivity index is 1.83. The van der Waals surface area contributed by atoms with Crippen LogP contribution in [0, 0.1) is 12.7 Å². The largest absolute Gasteiger partial charge is 0.380 e. The van der Waals surface area contributed by atoms with E-state index in [4.69, 9.17) is 11.6 Å². The van der Waals surface area contributed by atoms with Crippen LogP contribution in [0.5, 0.6) is 0 Å². The maximum atomic E-state index is 13.0. The number of fused-ring (bicyclic) bond motifs is 1. The van der Waals surface area contributed by atoms with Crippen molar-refractivity contribution in [1.82, 2.24) is 14.8 Å². The van der Waals surface area contributed by atoms with Crippen LogP contribution in [0.1, 0.15) is 11.3 Å². The Labute approximate surface area is 126 Å². The number of hydrogen-bond donors (Lipinski definition) is 1. The summed E-state index contributed by atoms with van der Waals surface area (Å²) in [6, 6.07) is 6.38. The van der Waals surface area contributed by atoms with Gasteiger partial charge in [-0.25, -0.2) is 9.37 Å². The molecule has 1 aromatic carbocycles. The van der Waals surface area contributed by atoms with Gasteiger partial charge in [-0.2, -0.15) is 5.10 Å². The van der Waals surface area contributed by atoms with E-state index in [0.717, 1.165) is 28.0 Å². The number of pyridine rings is 1. The lowest BCUT2D eigenvalue weighted by atomic mass is 10.2. The molecule has 21 heavy (non-hydrogen) atoms. The average Bonchev–Trinajstić information content (AvgIpc) is 2.73. The van der Waals surface area contributed by atoms with Gasteiger partial charge in [0.2, 0.25) is 0 Å². The van der Waals surface area contributed by atoms with E-state index in [9.17, 15) is 4.39 Å². The molecule has 0 spiro atoms. The van der Waals surface area contributed by atoms with Gasteiger partial charge in [-0.1, -0.05) is 17.7 Å². The Morgan fingerprint density at radius 1 is 1.33 bits per heavy atom. The number of halogens is 2. The van der Waals surface area contributed by atoms with Gasteiger partial charge in [0.15, 0.2) is 5.65 Å². The molecule has 0 saturated carbocycles. The van der Waals surface area contributed by atoms with Crippen LogP contribution in [0.3, 0.4) is 0 Å². The Hall–Kier alpha value is -2.14. The van der Waals surface area contributed by atoms with Crippen LogP contribution in [0.15, 0.2) is 30.5 Å². The van der Waals surface area contributed by atoms with Gasteiger partial charge in [0.1, 0.15) is 5.82 Å². The third-order valence-electron chi connectivity index (χ3n) is 3.36. The van der Waals surface area contributed by atoms with Gasteiger partial charge < -0.3 is 5.32 Å². The van der Waals surface area contributed by atoms with Crippen LogP contribution >= 0.6 is 11.6 Å². The first-order valence-electron chi connectivity index (χ1n) is 6.52. The summed E-state index contributed by atoms with van der Waals surface area (Å²) in [5.74, 6) is -0.335. The summed E-state index contributed by atoms with van der Waals surface area (Å²) in [6.45, 7) is 2.45. The molecule has 0 fully saturated rings. The van der Waals surface area contributed by atoms with Crippen LogP contribution in [0.2, 0.25) is 5.02 Å². The van der Waals surface area contributed by atoms with Crippen molar-refractivity contribution in [2.24, 2.45) is 7.05 Å². The van der Waals surface area contributed by atoms with Crippen molar-refractivity contribution in [1.29, 1.82) is 0 Å². The first-order valence-corrected chi connectivity index (χ1v) is 6.89. The first kappa shape index (κ1) is 13.8. The quantitative estimate of drug-likeness (QED) is 0.802. The van der Waals surface area contributed by atoms with E-state index in [0.29, 0.717) is 11.6 Å². The molecule has 108 valence electrons. The molecule has 3 rings (SSSR count). The van der Waals surface area contributed by atoms with Crippen LogP contribution in [-0.2, 0) is 13.6 Å². The second-order valence-electron chi connectivity index (χ2n) is 4.89. The predicted octanol–water partition coefficient (Wildman–Crippen LogP) is 3.68. The highest BCUT2D eigenvalue weighted by Crippen LogP contribution is 2.21. The number of benzene rings is 1. The lowest BCUT2D eigenvalue weighted by molar-refractivity contribution is 0.627. The van der Waals surface area contributed by atoms with Crippen LogP contribution in [-0.4, -0.2) is 14.8 Å². The standard InChI is InChI=1S/C15H14ClFN4/c1-9-13-6-12(8-19-15(13)21(2)20-9)18-7-10-3-4-11(17)5-14(10)16/h3-6,8,18H,7H2,1-2H3. The minimum absolute atomic E-state index is 0.335. The lowest BCUT2D eigenvalue weighted by Gasteiger charge is -2.08. The molecule has 0 aliphatic carbocycles. The van der Waals surface area contributed by atoms with Crippen molar-refractivity contribution in [3.63, 3.8) is 0 Å². The van der Waals surface area contributed by atoms with E-state index in [2.05, 4.69) is 15.4 Å². The van der Waals surface area contributed by atoms with Gasteiger partial charge in [-0.3, -0.25) is 4.68 Å². The monoisotopic (exact) mass is 304 g/mol. The van der Waals surface area contributed by atoms with Gasteiger partial charge in [0.25, 0.3) is 0 Å². The summed E-state index contributed by atoms with van der Waals surface area (Å²) in [4.78, 5) is 4.40. The maximum absolute atomic E-state index is 13.0. The zero-order valence-corrected chi connectivity index (χ0v) is 12.4. The van der Waals surface area contributed by atoms with Crippen molar-refractivity contribution in [2.75, 3.05) is 5.32 Å². The number of aromatic nitrogens is 3. The molecule has 6 heteroatoms. The number of rotatable bonds is 3.